The van der Waals surface area contributed by atoms with E-state index in [0.717, 1.165) is 11.1 Å². The zero-order valence-corrected chi connectivity index (χ0v) is 15.6. The number of halogens is 2. The summed E-state index contributed by atoms with van der Waals surface area (Å²) in [4.78, 5) is 24.3. The zero-order chi connectivity index (χ0) is 19.4. The largest absolute Gasteiger partial charge is 0.370 e. The van der Waals surface area contributed by atoms with Crippen LogP contribution in [0.4, 0.5) is 0 Å². The van der Waals surface area contributed by atoms with Crippen LogP contribution in [0.15, 0.2) is 54.7 Å². The molecular formula is C19H16Cl2N4O2. The molecule has 0 bridgehead atoms. The van der Waals surface area contributed by atoms with E-state index in [9.17, 15) is 9.59 Å². The fourth-order valence-electron chi connectivity index (χ4n) is 2.71. The quantitative estimate of drug-likeness (QED) is 0.585. The van der Waals surface area contributed by atoms with Gasteiger partial charge in [-0.15, -0.1) is 0 Å². The highest BCUT2D eigenvalue weighted by atomic mass is 35.5. The topological polar surface area (TPSA) is 101 Å². The summed E-state index contributed by atoms with van der Waals surface area (Å²) < 4.78 is 0. The van der Waals surface area contributed by atoms with E-state index in [1.165, 1.54) is 6.20 Å². The van der Waals surface area contributed by atoms with E-state index >= 15 is 0 Å². The van der Waals surface area contributed by atoms with Gasteiger partial charge in [0.15, 0.2) is 0 Å². The predicted molar refractivity (Wildman–Crippen MR) is 105 cm³/mol. The molecule has 138 valence electrons. The molecule has 1 atom stereocenters. The molecule has 0 aliphatic carbocycles. The van der Waals surface area contributed by atoms with Gasteiger partial charge in [-0.2, -0.15) is 5.10 Å². The number of H-pyrrole nitrogens is 1. The average Bonchev–Trinajstić information content (AvgIpc) is 3.11. The summed E-state index contributed by atoms with van der Waals surface area (Å²) in [7, 11) is 0. The summed E-state index contributed by atoms with van der Waals surface area (Å²) in [5.41, 5.74) is 7.66. The minimum absolute atomic E-state index is 0.0439. The van der Waals surface area contributed by atoms with Gasteiger partial charge in [-0.25, -0.2) is 0 Å². The van der Waals surface area contributed by atoms with Gasteiger partial charge in [0.2, 0.25) is 5.91 Å². The van der Waals surface area contributed by atoms with Gasteiger partial charge in [0.25, 0.3) is 5.91 Å². The van der Waals surface area contributed by atoms with E-state index in [1.54, 1.807) is 42.5 Å². The Balaban J connectivity index is 1.87. The van der Waals surface area contributed by atoms with Crippen LogP contribution in [0.25, 0.3) is 11.3 Å². The first-order chi connectivity index (χ1) is 12.9. The van der Waals surface area contributed by atoms with Crippen LogP contribution in [0.5, 0.6) is 0 Å². The Morgan fingerprint density at radius 3 is 2.52 bits per heavy atom. The SMILES string of the molecule is NC(=O)C[C@@H](NC(=O)c1cn[nH]c1-c1cccc(Cl)c1)c1ccc(Cl)cc1. The van der Waals surface area contributed by atoms with Crippen molar-refractivity contribution in [2.24, 2.45) is 5.73 Å². The lowest BCUT2D eigenvalue weighted by atomic mass is 10.0. The molecule has 0 aliphatic rings. The lowest BCUT2D eigenvalue weighted by Gasteiger charge is -2.18. The Morgan fingerprint density at radius 2 is 1.85 bits per heavy atom. The van der Waals surface area contributed by atoms with Crippen LogP contribution in [-0.2, 0) is 4.79 Å². The third-order valence-corrected chi connectivity index (χ3v) is 4.47. The van der Waals surface area contributed by atoms with Crippen molar-refractivity contribution in [1.82, 2.24) is 15.5 Å². The summed E-state index contributed by atoms with van der Waals surface area (Å²) in [5, 5.41) is 10.7. The van der Waals surface area contributed by atoms with Crippen LogP contribution in [0.3, 0.4) is 0 Å². The van der Waals surface area contributed by atoms with Gasteiger partial charge < -0.3 is 11.1 Å². The highest BCUT2D eigenvalue weighted by Crippen LogP contribution is 2.25. The maximum Gasteiger partial charge on any atom is 0.255 e. The summed E-state index contributed by atoms with van der Waals surface area (Å²) in [6.45, 7) is 0. The van der Waals surface area contributed by atoms with Crippen molar-refractivity contribution in [3.8, 4) is 11.3 Å². The predicted octanol–water partition coefficient (Wildman–Crippen LogP) is 3.73. The van der Waals surface area contributed by atoms with E-state index in [2.05, 4.69) is 15.5 Å². The molecule has 1 aromatic heterocycles. The Bertz CT molecular complexity index is 970. The molecule has 4 N–H and O–H groups in total. The third-order valence-electron chi connectivity index (χ3n) is 3.98. The monoisotopic (exact) mass is 402 g/mol. The number of nitrogens with two attached hydrogens (primary N) is 1. The van der Waals surface area contributed by atoms with Crippen LogP contribution in [0.2, 0.25) is 10.0 Å². The Kier molecular flexibility index (Phi) is 5.78. The fourth-order valence-corrected chi connectivity index (χ4v) is 3.02. The number of hydrogen-bond donors (Lipinski definition) is 3. The lowest BCUT2D eigenvalue weighted by molar-refractivity contribution is -0.118. The van der Waals surface area contributed by atoms with E-state index in [1.807, 2.05) is 6.07 Å². The Hall–Kier alpha value is -2.83. The molecule has 0 aliphatic heterocycles. The Morgan fingerprint density at radius 1 is 1.11 bits per heavy atom. The molecule has 3 aromatic rings. The van der Waals surface area contributed by atoms with E-state index in [4.69, 9.17) is 28.9 Å². The molecule has 0 spiro atoms. The fraction of sp³-hybridized carbons (Fsp3) is 0.105. The molecule has 0 unspecified atom stereocenters. The molecule has 0 saturated carbocycles. The van der Waals surface area contributed by atoms with Crippen LogP contribution >= 0.6 is 23.2 Å². The smallest absolute Gasteiger partial charge is 0.255 e. The number of rotatable bonds is 6. The second-order valence-electron chi connectivity index (χ2n) is 5.92. The first kappa shape index (κ1) is 18.9. The highest BCUT2D eigenvalue weighted by molar-refractivity contribution is 6.31. The number of nitrogens with one attached hydrogen (secondary N) is 2. The molecule has 0 radical (unpaired) electrons. The van der Waals surface area contributed by atoms with Gasteiger partial charge >= 0.3 is 0 Å². The molecule has 2 aromatic carbocycles. The van der Waals surface area contributed by atoms with Crippen LogP contribution < -0.4 is 11.1 Å². The van der Waals surface area contributed by atoms with Crippen molar-refractivity contribution in [2.75, 3.05) is 0 Å². The summed E-state index contributed by atoms with van der Waals surface area (Å²) in [6.07, 6.45) is 1.38. The molecular weight excluding hydrogens is 387 g/mol. The highest BCUT2D eigenvalue weighted by Gasteiger charge is 2.21. The van der Waals surface area contributed by atoms with Crippen LogP contribution in [-0.4, -0.2) is 22.0 Å². The number of primary amides is 1. The molecule has 0 fully saturated rings. The van der Waals surface area contributed by atoms with Crippen molar-refractivity contribution in [2.45, 2.75) is 12.5 Å². The lowest BCUT2D eigenvalue weighted by Crippen LogP contribution is -2.31. The standard InChI is InChI=1S/C19H16Cl2N4O2/c20-13-6-4-11(5-7-13)16(9-17(22)26)24-19(27)15-10-23-25-18(15)12-2-1-3-14(21)8-12/h1-8,10,16H,9H2,(H2,22,26)(H,23,25)(H,24,27)/t16-/m1/s1. The van der Waals surface area contributed by atoms with Crippen molar-refractivity contribution in [3.05, 3.63) is 75.9 Å². The number of aromatic amines is 1. The van der Waals surface area contributed by atoms with Crippen molar-refractivity contribution in [3.63, 3.8) is 0 Å². The van der Waals surface area contributed by atoms with Gasteiger partial charge in [0.05, 0.1) is 29.9 Å². The van der Waals surface area contributed by atoms with Gasteiger partial charge in [0.1, 0.15) is 0 Å². The molecule has 3 rings (SSSR count). The van der Waals surface area contributed by atoms with Crippen LogP contribution in [0.1, 0.15) is 28.4 Å². The van der Waals surface area contributed by atoms with Crippen molar-refractivity contribution < 1.29 is 9.59 Å². The first-order valence-electron chi connectivity index (χ1n) is 8.08. The minimum atomic E-state index is -0.589. The maximum absolute atomic E-state index is 12.8. The molecule has 1 heterocycles. The number of aromatic nitrogens is 2. The number of amides is 2. The van der Waals surface area contributed by atoms with E-state index < -0.39 is 11.9 Å². The normalized spacial score (nSPS) is 11.8. The van der Waals surface area contributed by atoms with E-state index in [-0.39, 0.29) is 12.3 Å². The molecule has 0 saturated heterocycles. The summed E-state index contributed by atoms with van der Waals surface area (Å²) in [5.74, 6) is -0.919. The number of benzene rings is 2. The number of hydrogen-bond acceptors (Lipinski definition) is 3. The van der Waals surface area contributed by atoms with Crippen molar-refractivity contribution >= 4 is 35.0 Å². The first-order valence-corrected chi connectivity index (χ1v) is 8.83. The van der Waals surface area contributed by atoms with Crippen LogP contribution in [0, 0.1) is 0 Å². The third kappa shape index (κ3) is 4.67. The number of nitrogens with zero attached hydrogens (tertiary/aromatic N) is 1. The zero-order valence-electron chi connectivity index (χ0n) is 14.1. The van der Waals surface area contributed by atoms with Crippen molar-refractivity contribution in [1.29, 1.82) is 0 Å². The minimum Gasteiger partial charge on any atom is -0.370 e. The van der Waals surface area contributed by atoms with Gasteiger partial charge in [-0.05, 0) is 29.8 Å². The number of carbonyl (C=O) groups is 2. The number of carbonyl (C=O) groups excluding carboxylic acids is 2. The van der Waals surface area contributed by atoms with E-state index in [0.29, 0.717) is 21.3 Å². The summed E-state index contributed by atoms with van der Waals surface area (Å²) in [6, 6.07) is 13.3. The van der Waals surface area contributed by atoms with Gasteiger partial charge in [0, 0.05) is 15.6 Å². The Labute approximate surface area is 165 Å². The maximum atomic E-state index is 12.8. The average molecular weight is 403 g/mol. The van der Waals surface area contributed by atoms with Gasteiger partial charge in [-0.3, -0.25) is 14.7 Å². The summed E-state index contributed by atoms with van der Waals surface area (Å²) >= 11 is 11.9. The molecule has 27 heavy (non-hydrogen) atoms. The second-order valence-corrected chi connectivity index (χ2v) is 6.79. The molecule has 8 heteroatoms. The van der Waals surface area contributed by atoms with Gasteiger partial charge in [-0.1, -0.05) is 47.5 Å². The second kappa shape index (κ2) is 8.24. The molecule has 2 amide bonds. The molecule has 6 nitrogen and oxygen atoms in total.